The summed E-state index contributed by atoms with van der Waals surface area (Å²) >= 11 is 1.51. The van der Waals surface area contributed by atoms with Gasteiger partial charge in [0.15, 0.2) is 16.8 Å². The summed E-state index contributed by atoms with van der Waals surface area (Å²) in [6, 6.07) is 4.19. The number of piperazine rings is 1. The molecule has 2 aromatic rings. The van der Waals surface area contributed by atoms with Crippen molar-refractivity contribution in [3.8, 4) is 0 Å². The van der Waals surface area contributed by atoms with Crippen molar-refractivity contribution in [1.29, 1.82) is 0 Å². The molecule has 0 bridgehead atoms. The molecule has 1 atom stereocenters. The number of aliphatic hydroxyl groups is 1. The zero-order valence-electron chi connectivity index (χ0n) is 15.3. The predicted octanol–water partition coefficient (Wildman–Crippen LogP) is 2.55. The largest absolute Gasteiger partial charge is 0.396 e. The Bertz CT molecular complexity index is 747. The summed E-state index contributed by atoms with van der Waals surface area (Å²) in [6.07, 6.45) is 6.30. The van der Waals surface area contributed by atoms with Gasteiger partial charge < -0.3 is 5.11 Å². The Morgan fingerprint density at radius 2 is 1.89 bits per heavy atom. The van der Waals surface area contributed by atoms with E-state index >= 15 is 0 Å². The molecule has 27 heavy (non-hydrogen) atoms. The van der Waals surface area contributed by atoms with E-state index in [1.54, 1.807) is 6.07 Å². The molecule has 0 saturated carbocycles. The summed E-state index contributed by atoms with van der Waals surface area (Å²) in [6.45, 7) is 3.85. The van der Waals surface area contributed by atoms with Crippen molar-refractivity contribution in [3.05, 3.63) is 53.4 Å². The van der Waals surface area contributed by atoms with Crippen LogP contribution in [-0.4, -0.2) is 63.4 Å². The van der Waals surface area contributed by atoms with E-state index in [0.29, 0.717) is 13.0 Å². The molecule has 1 N–H and O–H groups in total. The van der Waals surface area contributed by atoms with Crippen molar-refractivity contribution in [1.82, 2.24) is 19.8 Å². The second-order valence-electron chi connectivity index (χ2n) is 6.70. The molecule has 3 rings (SSSR count). The van der Waals surface area contributed by atoms with Crippen LogP contribution in [0.4, 0.5) is 8.78 Å². The molecule has 0 amide bonds. The van der Waals surface area contributed by atoms with Crippen LogP contribution in [0.15, 0.2) is 35.7 Å². The van der Waals surface area contributed by atoms with Gasteiger partial charge in [0.2, 0.25) is 0 Å². The van der Waals surface area contributed by atoms with Crippen LogP contribution in [0.2, 0.25) is 0 Å². The van der Waals surface area contributed by atoms with Crippen molar-refractivity contribution >= 4 is 11.8 Å². The van der Waals surface area contributed by atoms with Crippen molar-refractivity contribution in [2.45, 2.75) is 30.7 Å². The SMILES string of the molecule is CSc1ncc(CN2CCN(Cc3ccc(F)c(F)c3)[C@@H](CCO)C2)cn1. The number of hydrogen-bond acceptors (Lipinski definition) is 6. The molecule has 0 radical (unpaired) electrons. The van der Waals surface area contributed by atoms with Gasteiger partial charge in [0.25, 0.3) is 0 Å². The summed E-state index contributed by atoms with van der Waals surface area (Å²) in [7, 11) is 0. The van der Waals surface area contributed by atoms with Gasteiger partial charge in [-0.2, -0.15) is 0 Å². The Kier molecular flexibility index (Phi) is 7.12. The second kappa shape index (κ2) is 9.54. The number of halogens is 2. The molecular weight excluding hydrogens is 370 g/mol. The van der Waals surface area contributed by atoms with Crippen LogP contribution in [-0.2, 0) is 13.1 Å². The van der Waals surface area contributed by atoms with Crippen LogP contribution in [0.1, 0.15) is 17.5 Å². The quantitative estimate of drug-likeness (QED) is 0.575. The zero-order valence-corrected chi connectivity index (χ0v) is 16.1. The van der Waals surface area contributed by atoms with Crippen LogP contribution in [0.5, 0.6) is 0 Å². The minimum absolute atomic E-state index is 0.0956. The molecule has 0 unspecified atom stereocenters. The lowest BCUT2D eigenvalue weighted by atomic mass is 10.1. The lowest BCUT2D eigenvalue weighted by molar-refractivity contribution is 0.0498. The molecule has 0 aliphatic carbocycles. The Morgan fingerprint density at radius 1 is 1.11 bits per heavy atom. The maximum absolute atomic E-state index is 13.5. The van der Waals surface area contributed by atoms with Crippen molar-refractivity contribution in [2.24, 2.45) is 0 Å². The Labute approximate surface area is 162 Å². The lowest BCUT2D eigenvalue weighted by Crippen LogP contribution is -2.52. The van der Waals surface area contributed by atoms with E-state index in [0.717, 1.165) is 42.5 Å². The molecule has 1 aliphatic heterocycles. The van der Waals surface area contributed by atoms with Crippen LogP contribution < -0.4 is 0 Å². The van der Waals surface area contributed by atoms with Gasteiger partial charge in [-0.25, -0.2) is 18.7 Å². The van der Waals surface area contributed by atoms with Crippen LogP contribution in [0, 0.1) is 11.6 Å². The molecule has 1 aromatic carbocycles. The Hall–Kier alpha value is -1.61. The number of hydrogen-bond donors (Lipinski definition) is 1. The first-order chi connectivity index (χ1) is 13.1. The summed E-state index contributed by atoms with van der Waals surface area (Å²) in [5.74, 6) is -1.65. The topological polar surface area (TPSA) is 52.5 Å². The highest BCUT2D eigenvalue weighted by Gasteiger charge is 2.27. The van der Waals surface area contributed by atoms with E-state index in [1.165, 1.54) is 23.9 Å². The van der Waals surface area contributed by atoms with Gasteiger partial charge in [-0.1, -0.05) is 17.8 Å². The first-order valence-corrected chi connectivity index (χ1v) is 10.2. The molecule has 2 heterocycles. The highest BCUT2D eigenvalue weighted by atomic mass is 32.2. The third kappa shape index (κ3) is 5.44. The molecular formula is C19H24F2N4OS. The Balaban J connectivity index is 1.62. The van der Waals surface area contributed by atoms with E-state index in [-0.39, 0.29) is 12.6 Å². The molecule has 1 aliphatic rings. The maximum atomic E-state index is 13.5. The summed E-state index contributed by atoms with van der Waals surface area (Å²) < 4.78 is 26.6. The van der Waals surface area contributed by atoms with E-state index < -0.39 is 11.6 Å². The number of aliphatic hydroxyl groups excluding tert-OH is 1. The van der Waals surface area contributed by atoms with E-state index in [9.17, 15) is 13.9 Å². The van der Waals surface area contributed by atoms with Gasteiger partial charge in [0.1, 0.15) is 0 Å². The van der Waals surface area contributed by atoms with Gasteiger partial charge in [0.05, 0.1) is 0 Å². The molecule has 5 nitrogen and oxygen atoms in total. The molecule has 1 fully saturated rings. The molecule has 1 saturated heterocycles. The van der Waals surface area contributed by atoms with Gasteiger partial charge in [-0.15, -0.1) is 0 Å². The van der Waals surface area contributed by atoms with Crippen LogP contribution >= 0.6 is 11.8 Å². The minimum atomic E-state index is -0.829. The van der Waals surface area contributed by atoms with Crippen molar-refractivity contribution < 1.29 is 13.9 Å². The van der Waals surface area contributed by atoms with Crippen molar-refractivity contribution in [3.63, 3.8) is 0 Å². The van der Waals surface area contributed by atoms with E-state index in [2.05, 4.69) is 19.8 Å². The van der Waals surface area contributed by atoms with E-state index in [1.807, 2.05) is 18.6 Å². The maximum Gasteiger partial charge on any atom is 0.187 e. The fourth-order valence-corrected chi connectivity index (χ4v) is 3.71. The summed E-state index contributed by atoms with van der Waals surface area (Å²) in [4.78, 5) is 13.2. The Morgan fingerprint density at radius 3 is 2.56 bits per heavy atom. The fourth-order valence-electron chi connectivity index (χ4n) is 3.39. The highest BCUT2D eigenvalue weighted by molar-refractivity contribution is 7.98. The molecule has 146 valence electrons. The monoisotopic (exact) mass is 394 g/mol. The lowest BCUT2D eigenvalue weighted by Gasteiger charge is -2.41. The van der Waals surface area contributed by atoms with Crippen LogP contribution in [0.25, 0.3) is 0 Å². The molecule has 8 heteroatoms. The summed E-state index contributed by atoms with van der Waals surface area (Å²) in [5, 5.41) is 10.2. The predicted molar refractivity (Wildman–Crippen MR) is 101 cm³/mol. The second-order valence-corrected chi connectivity index (χ2v) is 7.47. The average molecular weight is 394 g/mol. The number of thioether (sulfide) groups is 1. The number of rotatable bonds is 7. The smallest absolute Gasteiger partial charge is 0.187 e. The third-order valence-electron chi connectivity index (χ3n) is 4.79. The zero-order chi connectivity index (χ0) is 19.2. The van der Waals surface area contributed by atoms with Gasteiger partial charge >= 0.3 is 0 Å². The van der Waals surface area contributed by atoms with Crippen molar-refractivity contribution in [2.75, 3.05) is 32.5 Å². The highest BCUT2D eigenvalue weighted by Crippen LogP contribution is 2.19. The number of benzene rings is 1. The van der Waals surface area contributed by atoms with Gasteiger partial charge in [-0.3, -0.25) is 9.80 Å². The average Bonchev–Trinajstić information content (AvgIpc) is 2.67. The normalized spacial score (nSPS) is 18.7. The standard InChI is InChI=1S/C19H24F2N4OS/c1-27-19-22-9-15(10-23-19)11-24-5-6-25(16(13-24)4-7-26)12-14-2-3-17(20)18(21)8-14/h2-3,8-10,16,26H,4-7,11-13H2,1H3/t16-/m0/s1. The number of aromatic nitrogens is 2. The molecule has 0 spiro atoms. The minimum Gasteiger partial charge on any atom is -0.396 e. The van der Waals surface area contributed by atoms with Gasteiger partial charge in [0, 0.05) is 63.3 Å². The van der Waals surface area contributed by atoms with E-state index in [4.69, 9.17) is 0 Å². The fraction of sp³-hybridized carbons (Fsp3) is 0.474. The van der Waals surface area contributed by atoms with Crippen LogP contribution in [0.3, 0.4) is 0 Å². The third-order valence-corrected chi connectivity index (χ3v) is 5.37. The number of nitrogens with zero attached hydrogens (tertiary/aromatic N) is 4. The summed E-state index contributed by atoms with van der Waals surface area (Å²) in [5.41, 5.74) is 1.80. The first kappa shape index (κ1) is 20.1. The first-order valence-electron chi connectivity index (χ1n) is 8.95. The van der Waals surface area contributed by atoms with Gasteiger partial charge in [-0.05, 0) is 30.4 Å². The molecule has 1 aromatic heterocycles.